The number of rotatable bonds is 4. The third kappa shape index (κ3) is 3.08. The van der Waals surface area contributed by atoms with Crippen molar-refractivity contribution < 1.29 is 0 Å². The van der Waals surface area contributed by atoms with E-state index in [1.807, 2.05) is 11.3 Å². The summed E-state index contributed by atoms with van der Waals surface area (Å²) in [5.41, 5.74) is 5.33. The van der Waals surface area contributed by atoms with E-state index < -0.39 is 0 Å². The van der Waals surface area contributed by atoms with Crippen LogP contribution in [0.15, 0.2) is 29.6 Å². The summed E-state index contributed by atoms with van der Waals surface area (Å²) in [6, 6.07) is 9.38. The quantitative estimate of drug-likeness (QED) is 0.841. The molecule has 2 heterocycles. The molecule has 2 aromatic rings. The summed E-state index contributed by atoms with van der Waals surface area (Å²) < 4.78 is 0. The van der Waals surface area contributed by atoms with Gasteiger partial charge >= 0.3 is 0 Å². The molecule has 1 aromatic carbocycles. The van der Waals surface area contributed by atoms with Crippen molar-refractivity contribution in [2.24, 2.45) is 0 Å². The van der Waals surface area contributed by atoms with Gasteiger partial charge in [0.15, 0.2) is 0 Å². The first-order valence-electron chi connectivity index (χ1n) is 7.81. The van der Waals surface area contributed by atoms with Crippen LogP contribution in [0.2, 0.25) is 0 Å². The van der Waals surface area contributed by atoms with E-state index in [1.54, 1.807) is 0 Å². The minimum absolute atomic E-state index is 0.362. The van der Waals surface area contributed by atoms with Crippen molar-refractivity contribution in [1.29, 1.82) is 0 Å². The Morgan fingerprint density at radius 3 is 2.48 bits per heavy atom. The van der Waals surface area contributed by atoms with Gasteiger partial charge in [0.05, 0.1) is 6.04 Å². The van der Waals surface area contributed by atoms with Gasteiger partial charge in [-0.3, -0.25) is 0 Å². The Kier molecular flexibility index (Phi) is 4.20. The summed E-state index contributed by atoms with van der Waals surface area (Å²) >= 11 is 1.84. The average molecular weight is 300 g/mol. The van der Waals surface area contributed by atoms with Crippen molar-refractivity contribution in [3.05, 3.63) is 45.6 Å². The fourth-order valence-electron chi connectivity index (χ4n) is 3.11. The molecule has 1 aliphatic rings. The van der Waals surface area contributed by atoms with Gasteiger partial charge in [0.25, 0.3) is 0 Å². The highest BCUT2D eigenvalue weighted by atomic mass is 32.1. The monoisotopic (exact) mass is 300 g/mol. The number of thiophene rings is 1. The minimum atomic E-state index is 0.362. The number of aryl methyl sites for hydroxylation is 2. The zero-order valence-corrected chi connectivity index (χ0v) is 14.0. The topological polar surface area (TPSA) is 15.3 Å². The van der Waals surface area contributed by atoms with E-state index in [1.165, 1.54) is 53.3 Å². The molecule has 112 valence electrons. The van der Waals surface area contributed by atoms with E-state index in [4.69, 9.17) is 0 Å². The van der Waals surface area contributed by atoms with Crippen LogP contribution >= 0.6 is 11.3 Å². The number of nitrogens with one attached hydrogen (secondary N) is 1. The van der Waals surface area contributed by atoms with Crippen LogP contribution in [0, 0.1) is 13.8 Å². The first kappa shape index (κ1) is 14.5. The summed E-state index contributed by atoms with van der Waals surface area (Å²) in [4.78, 5) is 3.92. The predicted octanol–water partition coefficient (Wildman–Crippen LogP) is 5.14. The van der Waals surface area contributed by atoms with Crippen molar-refractivity contribution in [3.63, 3.8) is 0 Å². The van der Waals surface area contributed by atoms with Gasteiger partial charge in [0.1, 0.15) is 0 Å². The molecule has 1 aliphatic heterocycles. The first-order chi connectivity index (χ1) is 10.1. The molecule has 1 unspecified atom stereocenters. The predicted molar refractivity (Wildman–Crippen MR) is 93.7 cm³/mol. The highest BCUT2D eigenvalue weighted by molar-refractivity contribution is 7.10. The van der Waals surface area contributed by atoms with Gasteiger partial charge in [-0.05, 0) is 74.4 Å². The summed E-state index contributed by atoms with van der Waals surface area (Å²) in [6.45, 7) is 9.05. The lowest BCUT2D eigenvalue weighted by Crippen LogP contribution is -2.17. The Morgan fingerprint density at radius 1 is 1.10 bits per heavy atom. The summed E-state index contributed by atoms with van der Waals surface area (Å²) in [6.07, 6.45) is 2.65. The Morgan fingerprint density at radius 2 is 1.86 bits per heavy atom. The molecule has 21 heavy (non-hydrogen) atoms. The molecule has 1 N–H and O–H groups in total. The van der Waals surface area contributed by atoms with Gasteiger partial charge in [0, 0.05) is 29.3 Å². The largest absolute Gasteiger partial charge is 0.377 e. The van der Waals surface area contributed by atoms with Crippen molar-refractivity contribution >= 4 is 22.7 Å². The van der Waals surface area contributed by atoms with E-state index in [0.717, 1.165) is 0 Å². The summed E-state index contributed by atoms with van der Waals surface area (Å²) in [5, 5.41) is 5.84. The molecule has 3 rings (SSSR count). The molecule has 1 aromatic heterocycles. The molecule has 0 aliphatic carbocycles. The van der Waals surface area contributed by atoms with E-state index in [2.05, 4.69) is 60.6 Å². The lowest BCUT2D eigenvalue weighted by Gasteiger charge is -2.21. The van der Waals surface area contributed by atoms with Crippen LogP contribution in [0.5, 0.6) is 0 Å². The molecule has 0 spiro atoms. The Labute approximate surface area is 131 Å². The zero-order chi connectivity index (χ0) is 14.8. The maximum absolute atomic E-state index is 3.66. The van der Waals surface area contributed by atoms with E-state index in [0.29, 0.717) is 6.04 Å². The van der Waals surface area contributed by atoms with Crippen LogP contribution in [0.3, 0.4) is 0 Å². The highest BCUT2D eigenvalue weighted by Crippen LogP contribution is 2.30. The van der Waals surface area contributed by atoms with Crippen LogP contribution < -0.4 is 10.2 Å². The van der Waals surface area contributed by atoms with Crippen molar-refractivity contribution in [2.45, 2.75) is 39.7 Å². The molecule has 0 saturated carbocycles. The third-order valence-electron chi connectivity index (χ3n) is 4.35. The van der Waals surface area contributed by atoms with Gasteiger partial charge in [-0.25, -0.2) is 0 Å². The summed E-state index contributed by atoms with van der Waals surface area (Å²) in [7, 11) is 0. The van der Waals surface area contributed by atoms with Crippen LogP contribution in [0.1, 0.15) is 41.8 Å². The second-order valence-corrected chi connectivity index (χ2v) is 6.97. The first-order valence-corrected chi connectivity index (χ1v) is 8.69. The molecule has 0 bridgehead atoms. The fourth-order valence-corrected chi connectivity index (χ4v) is 4.04. The minimum Gasteiger partial charge on any atom is -0.377 e. The Bertz CT molecular complexity index is 611. The lowest BCUT2D eigenvalue weighted by atomic mass is 10.1. The highest BCUT2D eigenvalue weighted by Gasteiger charge is 2.14. The smallest absolute Gasteiger partial charge is 0.0581 e. The van der Waals surface area contributed by atoms with E-state index >= 15 is 0 Å². The van der Waals surface area contributed by atoms with Gasteiger partial charge in [-0.2, -0.15) is 0 Å². The molecule has 1 atom stereocenters. The molecule has 2 nitrogen and oxygen atoms in total. The van der Waals surface area contributed by atoms with Crippen molar-refractivity contribution in [3.8, 4) is 0 Å². The van der Waals surface area contributed by atoms with Gasteiger partial charge in [-0.15, -0.1) is 11.3 Å². The van der Waals surface area contributed by atoms with E-state index in [-0.39, 0.29) is 0 Å². The van der Waals surface area contributed by atoms with E-state index in [9.17, 15) is 0 Å². The number of hydrogen-bond donors (Lipinski definition) is 1. The van der Waals surface area contributed by atoms with Crippen molar-refractivity contribution in [2.75, 3.05) is 23.3 Å². The second-order valence-electron chi connectivity index (χ2n) is 6.03. The lowest BCUT2D eigenvalue weighted by molar-refractivity contribution is 0.896. The van der Waals surface area contributed by atoms with Crippen LogP contribution in [-0.4, -0.2) is 13.1 Å². The second kappa shape index (κ2) is 6.10. The van der Waals surface area contributed by atoms with Gasteiger partial charge in [0.2, 0.25) is 0 Å². The van der Waals surface area contributed by atoms with Gasteiger partial charge < -0.3 is 10.2 Å². The number of benzene rings is 1. The molecule has 3 heteroatoms. The van der Waals surface area contributed by atoms with Gasteiger partial charge in [-0.1, -0.05) is 0 Å². The molecule has 1 fully saturated rings. The zero-order valence-electron chi connectivity index (χ0n) is 13.1. The van der Waals surface area contributed by atoms with Crippen LogP contribution in [0.4, 0.5) is 11.4 Å². The SMILES string of the molecule is Cc1cc(N2CCCC2)ccc1NC(C)c1sccc1C. The average Bonchev–Trinajstić information content (AvgIpc) is 3.12. The molecular formula is C18H24N2S. The standard InChI is InChI=1S/C18H24N2S/c1-13-8-11-21-18(13)15(3)19-17-7-6-16(12-14(17)2)20-9-4-5-10-20/h6-8,11-12,15,19H,4-5,9-10H2,1-3H3. The molecular weight excluding hydrogens is 276 g/mol. The number of hydrogen-bond acceptors (Lipinski definition) is 3. The number of anilines is 2. The molecule has 0 amide bonds. The molecule has 0 radical (unpaired) electrons. The van der Waals surface area contributed by atoms with Crippen LogP contribution in [0.25, 0.3) is 0 Å². The number of nitrogens with zero attached hydrogens (tertiary/aromatic N) is 1. The molecule has 1 saturated heterocycles. The van der Waals surface area contributed by atoms with Crippen LogP contribution in [-0.2, 0) is 0 Å². The Hall–Kier alpha value is -1.48. The van der Waals surface area contributed by atoms with Crippen molar-refractivity contribution in [1.82, 2.24) is 0 Å². The summed E-state index contributed by atoms with van der Waals surface area (Å²) in [5.74, 6) is 0. The third-order valence-corrected chi connectivity index (χ3v) is 5.55. The normalized spacial score (nSPS) is 16.2. The Balaban J connectivity index is 1.75. The fraction of sp³-hybridized carbons (Fsp3) is 0.444. The maximum Gasteiger partial charge on any atom is 0.0581 e. The maximum atomic E-state index is 3.66.